The Labute approximate surface area is 174 Å². The maximum Gasteiger partial charge on any atom is 0.337 e. The van der Waals surface area contributed by atoms with E-state index in [-0.39, 0.29) is 11.3 Å². The Morgan fingerprint density at radius 2 is 1.57 bits per heavy atom. The summed E-state index contributed by atoms with van der Waals surface area (Å²) in [5, 5.41) is 9.74. The van der Waals surface area contributed by atoms with E-state index in [0.29, 0.717) is 29.2 Å². The molecule has 0 atom stereocenters. The van der Waals surface area contributed by atoms with Crippen LogP contribution >= 0.6 is 0 Å². The van der Waals surface area contributed by atoms with Crippen molar-refractivity contribution in [1.82, 2.24) is 0 Å². The minimum absolute atomic E-state index is 0.00657. The van der Waals surface area contributed by atoms with E-state index in [1.54, 1.807) is 30.3 Å². The molecule has 0 fully saturated rings. The standard InChI is InChI=1S/C24H21NO5/c1-29-22-13-11-19(15-23(22)30-2)25(16-26)21-12-10-18(14-20(21)24(27)28)9-8-17-6-4-3-5-7-17/h3-16H,1-2H3,(H,27,28)/b9-8+. The van der Waals surface area contributed by atoms with Crippen molar-refractivity contribution < 1.29 is 24.2 Å². The highest BCUT2D eigenvalue weighted by molar-refractivity contribution is 6.01. The molecule has 1 N–H and O–H groups in total. The molecule has 0 aromatic heterocycles. The zero-order valence-electron chi connectivity index (χ0n) is 16.6. The molecule has 0 spiro atoms. The van der Waals surface area contributed by atoms with Gasteiger partial charge >= 0.3 is 5.97 Å². The highest BCUT2D eigenvalue weighted by Gasteiger charge is 2.19. The Bertz CT molecular complexity index is 1080. The fraction of sp³-hybridized carbons (Fsp3) is 0.0833. The van der Waals surface area contributed by atoms with Gasteiger partial charge < -0.3 is 14.6 Å². The summed E-state index contributed by atoms with van der Waals surface area (Å²) in [5.41, 5.74) is 2.42. The van der Waals surface area contributed by atoms with Crippen molar-refractivity contribution in [3.05, 3.63) is 83.4 Å². The van der Waals surface area contributed by atoms with Gasteiger partial charge in [0.05, 0.1) is 31.2 Å². The van der Waals surface area contributed by atoms with E-state index in [0.717, 1.165) is 5.56 Å². The van der Waals surface area contributed by atoms with Crippen LogP contribution in [0.1, 0.15) is 21.5 Å². The van der Waals surface area contributed by atoms with Gasteiger partial charge in [-0.1, -0.05) is 48.6 Å². The van der Waals surface area contributed by atoms with Crippen molar-refractivity contribution in [1.29, 1.82) is 0 Å². The van der Waals surface area contributed by atoms with Crippen molar-refractivity contribution >= 4 is 35.9 Å². The third kappa shape index (κ3) is 4.50. The highest BCUT2D eigenvalue weighted by atomic mass is 16.5. The van der Waals surface area contributed by atoms with E-state index in [1.165, 1.54) is 25.2 Å². The number of hydrogen-bond acceptors (Lipinski definition) is 4. The molecule has 0 aliphatic carbocycles. The number of hydrogen-bond donors (Lipinski definition) is 1. The van der Waals surface area contributed by atoms with Gasteiger partial charge in [-0.3, -0.25) is 9.69 Å². The lowest BCUT2D eigenvalue weighted by molar-refractivity contribution is -0.106. The predicted octanol–water partition coefficient (Wildman–Crippen LogP) is 4.87. The first-order valence-corrected chi connectivity index (χ1v) is 9.14. The molecule has 0 bridgehead atoms. The van der Waals surface area contributed by atoms with Crippen molar-refractivity contribution in [2.45, 2.75) is 0 Å². The van der Waals surface area contributed by atoms with E-state index in [4.69, 9.17) is 9.47 Å². The second kappa shape index (κ2) is 9.43. The summed E-state index contributed by atoms with van der Waals surface area (Å²) in [6, 6.07) is 19.5. The lowest BCUT2D eigenvalue weighted by Crippen LogP contribution is -2.18. The van der Waals surface area contributed by atoms with Crippen LogP contribution in [0.3, 0.4) is 0 Å². The van der Waals surface area contributed by atoms with Gasteiger partial charge in [0, 0.05) is 6.07 Å². The molecule has 0 aliphatic heterocycles. The number of carboxylic acid groups (broad SMARTS) is 1. The Kier molecular flexibility index (Phi) is 6.49. The molecule has 0 saturated carbocycles. The van der Waals surface area contributed by atoms with Crippen LogP contribution in [-0.4, -0.2) is 31.7 Å². The van der Waals surface area contributed by atoms with Crippen LogP contribution < -0.4 is 14.4 Å². The number of carboxylic acids is 1. The second-order valence-corrected chi connectivity index (χ2v) is 6.34. The lowest BCUT2D eigenvalue weighted by atomic mass is 10.1. The maximum atomic E-state index is 11.9. The van der Waals surface area contributed by atoms with Gasteiger partial charge in [-0.05, 0) is 35.4 Å². The molecule has 0 aliphatic rings. The van der Waals surface area contributed by atoms with E-state index in [9.17, 15) is 14.7 Å². The van der Waals surface area contributed by atoms with Gasteiger partial charge in [0.25, 0.3) is 0 Å². The average molecular weight is 403 g/mol. The zero-order valence-corrected chi connectivity index (χ0v) is 16.6. The minimum atomic E-state index is -1.13. The van der Waals surface area contributed by atoms with Gasteiger partial charge in [-0.15, -0.1) is 0 Å². The first-order chi connectivity index (χ1) is 14.6. The molecule has 3 aromatic carbocycles. The fourth-order valence-corrected chi connectivity index (χ4v) is 3.03. The fourth-order valence-electron chi connectivity index (χ4n) is 3.03. The molecule has 0 heterocycles. The van der Waals surface area contributed by atoms with Gasteiger partial charge in [0.2, 0.25) is 6.41 Å². The van der Waals surface area contributed by atoms with Crippen molar-refractivity contribution in [2.75, 3.05) is 19.1 Å². The summed E-state index contributed by atoms with van der Waals surface area (Å²) in [6.07, 6.45) is 4.29. The molecule has 3 rings (SSSR count). The number of rotatable bonds is 8. The monoisotopic (exact) mass is 403 g/mol. The highest BCUT2D eigenvalue weighted by Crippen LogP contribution is 2.35. The van der Waals surface area contributed by atoms with Crippen molar-refractivity contribution in [2.24, 2.45) is 0 Å². The average Bonchev–Trinajstić information content (AvgIpc) is 2.79. The van der Waals surface area contributed by atoms with Crippen LogP contribution in [0.25, 0.3) is 12.2 Å². The molecule has 6 nitrogen and oxygen atoms in total. The van der Waals surface area contributed by atoms with Crippen LogP contribution in [-0.2, 0) is 4.79 Å². The topological polar surface area (TPSA) is 76.1 Å². The van der Waals surface area contributed by atoms with E-state index >= 15 is 0 Å². The molecule has 0 radical (unpaired) electrons. The largest absolute Gasteiger partial charge is 0.493 e. The first-order valence-electron chi connectivity index (χ1n) is 9.14. The predicted molar refractivity (Wildman–Crippen MR) is 117 cm³/mol. The number of aromatic carboxylic acids is 1. The Balaban J connectivity index is 2.00. The third-order valence-electron chi connectivity index (χ3n) is 4.53. The smallest absolute Gasteiger partial charge is 0.337 e. The van der Waals surface area contributed by atoms with Crippen molar-refractivity contribution in [3.8, 4) is 11.5 Å². The zero-order chi connectivity index (χ0) is 21.5. The first kappa shape index (κ1) is 20.7. The van der Waals surface area contributed by atoms with Crippen LogP contribution in [0.2, 0.25) is 0 Å². The molecule has 30 heavy (non-hydrogen) atoms. The molecule has 6 heteroatoms. The summed E-state index contributed by atoms with van der Waals surface area (Å²) < 4.78 is 10.5. The number of amides is 1. The van der Waals surface area contributed by atoms with Crippen LogP contribution in [0, 0.1) is 0 Å². The summed E-state index contributed by atoms with van der Waals surface area (Å²) in [7, 11) is 3.00. The molecule has 0 unspecified atom stereocenters. The number of anilines is 2. The number of carbonyl (C=O) groups is 2. The van der Waals surface area contributed by atoms with E-state index < -0.39 is 5.97 Å². The summed E-state index contributed by atoms with van der Waals surface area (Å²) >= 11 is 0. The van der Waals surface area contributed by atoms with E-state index in [1.807, 2.05) is 42.5 Å². The molecule has 1 amide bonds. The Hall–Kier alpha value is -4.06. The van der Waals surface area contributed by atoms with Crippen LogP contribution in [0.5, 0.6) is 11.5 Å². The number of nitrogens with zero attached hydrogens (tertiary/aromatic N) is 1. The normalized spacial score (nSPS) is 10.6. The molecule has 152 valence electrons. The molecular formula is C24H21NO5. The summed E-state index contributed by atoms with van der Waals surface area (Å²) in [4.78, 5) is 25.0. The maximum absolute atomic E-state index is 11.9. The van der Waals surface area contributed by atoms with Gasteiger partial charge in [-0.25, -0.2) is 4.79 Å². The van der Waals surface area contributed by atoms with E-state index in [2.05, 4.69) is 0 Å². The summed E-state index contributed by atoms with van der Waals surface area (Å²) in [6.45, 7) is 0. The number of carbonyl (C=O) groups excluding carboxylic acids is 1. The number of ether oxygens (including phenoxy) is 2. The minimum Gasteiger partial charge on any atom is -0.493 e. The Morgan fingerprint density at radius 1 is 0.867 bits per heavy atom. The van der Waals surface area contributed by atoms with Crippen LogP contribution in [0.4, 0.5) is 11.4 Å². The van der Waals surface area contributed by atoms with Gasteiger partial charge in [-0.2, -0.15) is 0 Å². The Morgan fingerprint density at radius 3 is 2.20 bits per heavy atom. The molecule has 3 aromatic rings. The summed E-state index contributed by atoms with van der Waals surface area (Å²) in [5.74, 6) is -0.194. The number of methoxy groups -OCH3 is 2. The van der Waals surface area contributed by atoms with Gasteiger partial charge in [0.1, 0.15) is 0 Å². The third-order valence-corrected chi connectivity index (χ3v) is 4.53. The molecular weight excluding hydrogens is 382 g/mol. The number of benzene rings is 3. The van der Waals surface area contributed by atoms with Gasteiger partial charge in [0.15, 0.2) is 11.5 Å². The lowest BCUT2D eigenvalue weighted by Gasteiger charge is -2.21. The van der Waals surface area contributed by atoms with Crippen LogP contribution in [0.15, 0.2) is 66.7 Å². The van der Waals surface area contributed by atoms with Crippen molar-refractivity contribution in [3.63, 3.8) is 0 Å². The SMILES string of the molecule is COc1ccc(N(C=O)c2ccc(/C=C/c3ccccc3)cc2C(=O)O)cc1OC. The second-order valence-electron chi connectivity index (χ2n) is 6.34. The molecule has 0 saturated heterocycles. The quantitative estimate of drug-likeness (QED) is 0.429.